The summed E-state index contributed by atoms with van der Waals surface area (Å²) < 4.78 is 6.09. The van der Waals surface area contributed by atoms with Gasteiger partial charge in [0.05, 0.1) is 7.11 Å². The van der Waals surface area contributed by atoms with Crippen molar-refractivity contribution in [3.8, 4) is 5.75 Å². The smallest absolute Gasteiger partial charge is 0.119 e. The summed E-state index contributed by atoms with van der Waals surface area (Å²) in [4.78, 5) is 3.16. The molecule has 0 aliphatic carbocycles. The van der Waals surface area contributed by atoms with Crippen LogP contribution in [0.3, 0.4) is 0 Å². The number of halogens is 1. The van der Waals surface area contributed by atoms with Gasteiger partial charge in [0, 0.05) is 27.1 Å². The van der Waals surface area contributed by atoms with Gasteiger partial charge in [-0.05, 0) is 35.9 Å². The molecule has 3 nitrogen and oxygen atoms in total. The van der Waals surface area contributed by atoms with Crippen LogP contribution in [-0.2, 0) is 0 Å². The summed E-state index contributed by atoms with van der Waals surface area (Å²) in [5.41, 5.74) is 2.68. The summed E-state index contributed by atoms with van der Waals surface area (Å²) in [6, 6.07) is 13.4. The van der Waals surface area contributed by atoms with Gasteiger partial charge in [-0.1, -0.05) is 28.1 Å². The van der Waals surface area contributed by atoms with E-state index >= 15 is 0 Å². The highest BCUT2D eigenvalue weighted by molar-refractivity contribution is 9.10. The SMILES string of the molecule is COc1ccc(Br)c(C(O)c2cccc3[nH]ccc23)c1. The van der Waals surface area contributed by atoms with Gasteiger partial charge >= 0.3 is 0 Å². The number of ether oxygens (including phenoxy) is 1. The normalized spacial score (nSPS) is 12.6. The number of hydrogen-bond donors (Lipinski definition) is 2. The largest absolute Gasteiger partial charge is 0.497 e. The number of aromatic amines is 1. The Labute approximate surface area is 125 Å². The predicted molar refractivity (Wildman–Crippen MR) is 83.1 cm³/mol. The van der Waals surface area contributed by atoms with E-state index in [2.05, 4.69) is 20.9 Å². The van der Waals surface area contributed by atoms with Gasteiger partial charge in [0.2, 0.25) is 0 Å². The number of rotatable bonds is 3. The van der Waals surface area contributed by atoms with E-state index < -0.39 is 6.10 Å². The summed E-state index contributed by atoms with van der Waals surface area (Å²) in [6.45, 7) is 0. The number of benzene rings is 2. The zero-order valence-electron chi connectivity index (χ0n) is 10.9. The molecule has 1 atom stereocenters. The van der Waals surface area contributed by atoms with Crippen molar-refractivity contribution in [2.45, 2.75) is 6.10 Å². The van der Waals surface area contributed by atoms with Crippen LogP contribution in [0.4, 0.5) is 0 Å². The Hall–Kier alpha value is -1.78. The molecular formula is C16H14BrNO2. The van der Waals surface area contributed by atoms with Crippen LogP contribution in [0.2, 0.25) is 0 Å². The van der Waals surface area contributed by atoms with Gasteiger partial charge in [-0.2, -0.15) is 0 Å². The van der Waals surface area contributed by atoms with Crippen molar-refractivity contribution in [3.63, 3.8) is 0 Å². The number of hydrogen-bond acceptors (Lipinski definition) is 2. The highest BCUT2D eigenvalue weighted by Crippen LogP contribution is 2.34. The Balaban J connectivity index is 2.12. The Kier molecular flexibility index (Phi) is 3.51. The third kappa shape index (κ3) is 2.21. The molecule has 2 aromatic carbocycles. The molecule has 1 unspecified atom stereocenters. The van der Waals surface area contributed by atoms with Crippen LogP contribution >= 0.6 is 15.9 Å². The van der Waals surface area contributed by atoms with E-state index in [9.17, 15) is 5.11 Å². The van der Waals surface area contributed by atoms with E-state index in [0.717, 1.165) is 32.3 Å². The van der Waals surface area contributed by atoms with Crippen molar-refractivity contribution in [3.05, 3.63) is 64.3 Å². The lowest BCUT2D eigenvalue weighted by Gasteiger charge is -2.15. The summed E-state index contributed by atoms with van der Waals surface area (Å²) in [5, 5.41) is 11.7. The number of fused-ring (bicyclic) bond motifs is 1. The van der Waals surface area contributed by atoms with Crippen LogP contribution < -0.4 is 4.74 Å². The monoisotopic (exact) mass is 331 g/mol. The minimum atomic E-state index is -0.709. The van der Waals surface area contributed by atoms with Gasteiger partial charge in [-0.25, -0.2) is 0 Å². The fourth-order valence-electron chi connectivity index (χ4n) is 2.37. The number of methoxy groups -OCH3 is 1. The van der Waals surface area contributed by atoms with Crippen LogP contribution in [0.1, 0.15) is 17.2 Å². The molecule has 1 aromatic heterocycles. The molecule has 0 amide bonds. The molecule has 0 aliphatic rings. The molecule has 2 N–H and O–H groups in total. The van der Waals surface area contributed by atoms with E-state index in [1.54, 1.807) is 7.11 Å². The summed E-state index contributed by atoms with van der Waals surface area (Å²) in [7, 11) is 1.62. The van der Waals surface area contributed by atoms with Crippen molar-refractivity contribution < 1.29 is 9.84 Å². The van der Waals surface area contributed by atoms with Gasteiger partial charge < -0.3 is 14.8 Å². The van der Waals surface area contributed by atoms with Gasteiger partial charge in [0.15, 0.2) is 0 Å². The molecule has 0 bridgehead atoms. The zero-order valence-corrected chi connectivity index (χ0v) is 12.5. The molecule has 0 spiro atoms. The molecule has 0 fully saturated rings. The number of aliphatic hydroxyl groups is 1. The molecule has 0 saturated carbocycles. The van der Waals surface area contributed by atoms with Gasteiger partial charge in [0.25, 0.3) is 0 Å². The van der Waals surface area contributed by atoms with Gasteiger partial charge in [-0.15, -0.1) is 0 Å². The average molecular weight is 332 g/mol. The molecule has 20 heavy (non-hydrogen) atoms. The van der Waals surface area contributed by atoms with Crippen LogP contribution in [0.25, 0.3) is 10.9 Å². The lowest BCUT2D eigenvalue weighted by Crippen LogP contribution is -2.01. The van der Waals surface area contributed by atoms with Crippen molar-refractivity contribution in [2.24, 2.45) is 0 Å². The molecule has 3 rings (SSSR count). The number of aliphatic hydroxyl groups excluding tert-OH is 1. The number of nitrogens with one attached hydrogen (secondary N) is 1. The van der Waals surface area contributed by atoms with E-state index in [1.165, 1.54) is 0 Å². The second-order valence-electron chi connectivity index (χ2n) is 4.58. The standard InChI is InChI=1S/C16H14BrNO2/c1-20-10-5-6-14(17)13(9-10)16(19)12-3-2-4-15-11(12)7-8-18-15/h2-9,16,18-19H,1H3. The van der Waals surface area contributed by atoms with Crippen molar-refractivity contribution >= 4 is 26.8 Å². The lowest BCUT2D eigenvalue weighted by atomic mass is 9.98. The Morgan fingerprint density at radius 2 is 2.00 bits per heavy atom. The second kappa shape index (κ2) is 5.31. The molecule has 102 valence electrons. The summed E-state index contributed by atoms with van der Waals surface area (Å²) in [6.07, 6.45) is 1.17. The van der Waals surface area contributed by atoms with Gasteiger partial charge in [-0.3, -0.25) is 0 Å². The van der Waals surface area contributed by atoms with E-state index in [1.807, 2.05) is 48.7 Å². The molecule has 0 aliphatic heterocycles. The zero-order chi connectivity index (χ0) is 14.1. The lowest BCUT2D eigenvalue weighted by molar-refractivity contribution is 0.220. The maximum atomic E-state index is 10.7. The van der Waals surface area contributed by atoms with Crippen molar-refractivity contribution in [1.29, 1.82) is 0 Å². The highest BCUT2D eigenvalue weighted by Gasteiger charge is 2.17. The number of H-pyrrole nitrogens is 1. The second-order valence-corrected chi connectivity index (χ2v) is 5.43. The van der Waals surface area contributed by atoms with Crippen LogP contribution in [-0.4, -0.2) is 17.2 Å². The fourth-order valence-corrected chi connectivity index (χ4v) is 2.84. The molecule has 3 aromatic rings. The Morgan fingerprint density at radius 1 is 1.15 bits per heavy atom. The third-order valence-electron chi connectivity index (χ3n) is 3.42. The van der Waals surface area contributed by atoms with Crippen LogP contribution in [0, 0.1) is 0 Å². The topological polar surface area (TPSA) is 45.2 Å². The molecule has 4 heteroatoms. The first kappa shape index (κ1) is 13.2. The Bertz CT molecular complexity index is 751. The maximum absolute atomic E-state index is 10.7. The molecular weight excluding hydrogens is 318 g/mol. The van der Waals surface area contributed by atoms with Crippen LogP contribution in [0.5, 0.6) is 5.75 Å². The summed E-state index contributed by atoms with van der Waals surface area (Å²) in [5.74, 6) is 0.725. The van der Waals surface area contributed by atoms with Crippen molar-refractivity contribution in [1.82, 2.24) is 4.98 Å². The van der Waals surface area contributed by atoms with E-state index in [0.29, 0.717) is 0 Å². The first-order valence-electron chi connectivity index (χ1n) is 6.28. The summed E-state index contributed by atoms with van der Waals surface area (Å²) >= 11 is 3.49. The minimum absolute atomic E-state index is 0.709. The Morgan fingerprint density at radius 3 is 2.80 bits per heavy atom. The first-order chi connectivity index (χ1) is 9.70. The minimum Gasteiger partial charge on any atom is -0.497 e. The highest BCUT2D eigenvalue weighted by atomic mass is 79.9. The maximum Gasteiger partial charge on any atom is 0.119 e. The molecule has 0 radical (unpaired) electrons. The third-order valence-corrected chi connectivity index (χ3v) is 4.14. The predicted octanol–water partition coefficient (Wildman–Crippen LogP) is 4.02. The van der Waals surface area contributed by atoms with E-state index in [-0.39, 0.29) is 0 Å². The molecule has 0 saturated heterocycles. The quantitative estimate of drug-likeness (QED) is 0.761. The number of aromatic nitrogens is 1. The fraction of sp³-hybridized carbons (Fsp3) is 0.125. The van der Waals surface area contributed by atoms with Crippen LogP contribution in [0.15, 0.2) is 53.1 Å². The van der Waals surface area contributed by atoms with Crippen molar-refractivity contribution in [2.75, 3.05) is 7.11 Å². The molecule has 1 heterocycles. The average Bonchev–Trinajstić information content (AvgIpc) is 2.95. The van der Waals surface area contributed by atoms with Gasteiger partial charge in [0.1, 0.15) is 11.9 Å². The van der Waals surface area contributed by atoms with E-state index in [4.69, 9.17) is 4.74 Å². The first-order valence-corrected chi connectivity index (χ1v) is 7.07.